The predicted octanol–water partition coefficient (Wildman–Crippen LogP) is 0.553. The Morgan fingerprint density at radius 2 is 2.22 bits per heavy atom. The van der Waals surface area contributed by atoms with Crippen molar-refractivity contribution in [2.75, 3.05) is 18.9 Å². The molecule has 5 nitrogen and oxygen atoms in total. The number of benzene rings is 1. The smallest absolute Gasteiger partial charge is 0.248 e. The Morgan fingerprint density at radius 3 is 2.83 bits per heavy atom. The van der Waals surface area contributed by atoms with Crippen molar-refractivity contribution in [3.63, 3.8) is 0 Å². The summed E-state index contributed by atoms with van der Waals surface area (Å²) in [4.78, 5) is -0.495. The Bertz CT molecular complexity index is 527. The largest absolute Gasteiger partial charge is 0.398 e. The fourth-order valence-electron chi connectivity index (χ4n) is 2.22. The Balaban J connectivity index is 2.49. The lowest BCUT2D eigenvalue weighted by atomic mass is 10.2. The van der Waals surface area contributed by atoms with Crippen LogP contribution in [0.25, 0.3) is 0 Å². The Kier molecular flexibility index (Phi) is 3.56. The molecule has 1 saturated heterocycles. The number of sulfonamides is 1. The van der Waals surface area contributed by atoms with Gasteiger partial charge in [-0.3, -0.25) is 0 Å². The molecule has 0 aliphatic carbocycles. The number of rotatable bonds is 3. The summed E-state index contributed by atoms with van der Waals surface area (Å²) in [6.45, 7) is 0.00885. The number of halogens is 1. The average Bonchev–Trinajstić information content (AvgIpc) is 2.77. The van der Waals surface area contributed by atoms with Crippen molar-refractivity contribution < 1.29 is 17.9 Å². The minimum atomic E-state index is -3.99. The van der Waals surface area contributed by atoms with Crippen LogP contribution in [0.2, 0.25) is 0 Å². The Hall–Kier alpha value is -1.18. The second-order valence-corrected chi connectivity index (χ2v) is 6.08. The third-order valence-corrected chi connectivity index (χ3v) is 5.14. The number of aliphatic hydroxyl groups excluding tert-OH is 1. The maximum absolute atomic E-state index is 13.7. The zero-order chi connectivity index (χ0) is 13.3. The quantitative estimate of drug-likeness (QED) is 0.789. The van der Waals surface area contributed by atoms with E-state index in [-0.39, 0.29) is 18.8 Å². The highest BCUT2D eigenvalue weighted by Crippen LogP contribution is 2.30. The van der Waals surface area contributed by atoms with Crippen LogP contribution in [0.1, 0.15) is 12.8 Å². The first-order valence-electron chi connectivity index (χ1n) is 5.65. The summed E-state index contributed by atoms with van der Waals surface area (Å²) in [6.07, 6.45) is 1.23. The molecular formula is C11H15FN2O3S. The van der Waals surface area contributed by atoms with E-state index in [0.717, 1.165) is 10.4 Å². The van der Waals surface area contributed by atoms with E-state index in [1.165, 1.54) is 12.1 Å². The molecule has 7 heteroatoms. The third-order valence-electron chi connectivity index (χ3n) is 3.10. The zero-order valence-corrected chi connectivity index (χ0v) is 10.5. The lowest BCUT2D eigenvalue weighted by Crippen LogP contribution is -2.38. The molecule has 1 heterocycles. The SMILES string of the molecule is Nc1cccc(F)c1S(=O)(=O)N1CCC[C@@H]1CO. The van der Waals surface area contributed by atoms with E-state index in [9.17, 15) is 12.8 Å². The molecule has 0 unspecified atom stereocenters. The number of hydrogen-bond acceptors (Lipinski definition) is 4. The number of anilines is 1. The normalized spacial score (nSPS) is 21.3. The summed E-state index contributed by atoms with van der Waals surface area (Å²) < 4.78 is 39.5. The van der Waals surface area contributed by atoms with Gasteiger partial charge in [0.1, 0.15) is 10.7 Å². The maximum Gasteiger partial charge on any atom is 0.248 e. The number of aliphatic hydroxyl groups is 1. The van der Waals surface area contributed by atoms with Crippen molar-refractivity contribution >= 4 is 15.7 Å². The summed E-state index contributed by atoms with van der Waals surface area (Å²) >= 11 is 0. The first kappa shape index (κ1) is 13.3. The number of hydrogen-bond donors (Lipinski definition) is 2. The van der Waals surface area contributed by atoms with Gasteiger partial charge < -0.3 is 10.8 Å². The second kappa shape index (κ2) is 4.83. The molecule has 3 N–H and O–H groups in total. The standard InChI is InChI=1S/C11H15FN2O3S/c12-9-4-1-5-10(13)11(9)18(16,17)14-6-2-3-8(14)7-15/h1,4-5,8,15H,2-3,6-7,13H2/t8-/m1/s1. The van der Waals surface area contributed by atoms with Crippen LogP contribution in [0.5, 0.6) is 0 Å². The molecule has 100 valence electrons. The van der Waals surface area contributed by atoms with E-state index in [0.29, 0.717) is 12.8 Å². The van der Waals surface area contributed by atoms with Crippen LogP contribution in [-0.4, -0.2) is 37.0 Å². The molecule has 0 spiro atoms. The monoisotopic (exact) mass is 274 g/mol. The summed E-state index contributed by atoms with van der Waals surface area (Å²) in [5.74, 6) is -0.862. The molecule has 0 aromatic heterocycles. The Morgan fingerprint density at radius 1 is 1.50 bits per heavy atom. The minimum absolute atomic E-state index is 0.112. The highest BCUT2D eigenvalue weighted by Gasteiger charge is 2.37. The van der Waals surface area contributed by atoms with Gasteiger partial charge in [-0.1, -0.05) is 6.07 Å². The first-order chi connectivity index (χ1) is 8.48. The van der Waals surface area contributed by atoms with Crippen LogP contribution < -0.4 is 5.73 Å². The van der Waals surface area contributed by atoms with Crippen LogP contribution in [0.4, 0.5) is 10.1 Å². The van der Waals surface area contributed by atoms with Crippen LogP contribution in [-0.2, 0) is 10.0 Å². The number of nitrogens with zero attached hydrogens (tertiary/aromatic N) is 1. The number of nitrogens with two attached hydrogens (primary N) is 1. The van der Waals surface area contributed by atoms with E-state index < -0.39 is 26.8 Å². The van der Waals surface area contributed by atoms with Gasteiger partial charge in [0.2, 0.25) is 10.0 Å². The minimum Gasteiger partial charge on any atom is -0.398 e. The highest BCUT2D eigenvalue weighted by atomic mass is 32.2. The van der Waals surface area contributed by atoms with Gasteiger partial charge in [0, 0.05) is 12.6 Å². The van der Waals surface area contributed by atoms with Gasteiger partial charge in [0.05, 0.1) is 12.3 Å². The summed E-state index contributed by atoms with van der Waals surface area (Å²) in [6, 6.07) is 3.28. The van der Waals surface area contributed by atoms with Crippen LogP contribution in [0, 0.1) is 5.82 Å². The second-order valence-electron chi connectivity index (χ2n) is 4.25. The van der Waals surface area contributed by atoms with Gasteiger partial charge in [0.25, 0.3) is 0 Å². The predicted molar refractivity (Wildman–Crippen MR) is 64.8 cm³/mol. The molecule has 1 aliphatic heterocycles. The highest BCUT2D eigenvalue weighted by molar-refractivity contribution is 7.89. The van der Waals surface area contributed by atoms with E-state index >= 15 is 0 Å². The first-order valence-corrected chi connectivity index (χ1v) is 7.09. The van der Waals surface area contributed by atoms with Crippen molar-refractivity contribution in [2.45, 2.75) is 23.8 Å². The molecule has 0 bridgehead atoms. The van der Waals surface area contributed by atoms with Crippen molar-refractivity contribution in [1.82, 2.24) is 4.31 Å². The van der Waals surface area contributed by atoms with E-state index in [1.54, 1.807) is 0 Å². The molecule has 0 radical (unpaired) electrons. The van der Waals surface area contributed by atoms with Crippen LogP contribution in [0.15, 0.2) is 23.1 Å². The summed E-state index contributed by atoms with van der Waals surface area (Å²) in [5.41, 5.74) is 5.44. The molecule has 1 aromatic rings. The molecule has 1 fully saturated rings. The molecule has 18 heavy (non-hydrogen) atoms. The molecule has 1 aromatic carbocycles. The summed E-state index contributed by atoms with van der Waals surface area (Å²) in [5, 5.41) is 9.15. The van der Waals surface area contributed by atoms with Crippen LogP contribution in [0.3, 0.4) is 0 Å². The van der Waals surface area contributed by atoms with Gasteiger partial charge in [-0.15, -0.1) is 0 Å². The average molecular weight is 274 g/mol. The van der Waals surface area contributed by atoms with E-state index in [2.05, 4.69) is 0 Å². The van der Waals surface area contributed by atoms with Crippen molar-refractivity contribution in [2.24, 2.45) is 0 Å². The van der Waals surface area contributed by atoms with E-state index in [4.69, 9.17) is 10.8 Å². The van der Waals surface area contributed by atoms with Gasteiger partial charge >= 0.3 is 0 Å². The molecule has 1 atom stereocenters. The molecular weight excluding hydrogens is 259 g/mol. The lowest BCUT2D eigenvalue weighted by Gasteiger charge is -2.23. The van der Waals surface area contributed by atoms with Crippen molar-refractivity contribution in [3.05, 3.63) is 24.0 Å². The van der Waals surface area contributed by atoms with E-state index in [1.807, 2.05) is 0 Å². The van der Waals surface area contributed by atoms with Crippen LogP contribution >= 0.6 is 0 Å². The maximum atomic E-state index is 13.7. The number of nitrogen functional groups attached to an aromatic ring is 1. The topological polar surface area (TPSA) is 83.6 Å². The Labute approximate surface area is 105 Å². The van der Waals surface area contributed by atoms with Gasteiger partial charge in [-0.05, 0) is 25.0 Å². The summed E-state index contributed by atoms with van der Waals surface area (Å²) in [7, 11) is -3.99. The van der Waals surface area contributed by atoms with Gasteiger partial charge in [-0.25, -0.2) is 12.8 Å². The van der Waals surface area contributed by atoms with Gasteiger partial charge in [0.15, 0.2) is 0 Å². The fourth-order valence-corrected chi connectivity index (χ4v) is 4.07. The van der Waals surface area contributed by atoms with Crippen molar-refractivity contribution in [1.29, 1.82) is 0 Å². The molecule has 0 amide bonds. The molecule has 0 saturated carbocycles. The third kappa shape index (κ3) is 2.09. The molecule has 2 rings (SSSR count). The van der Waals surface area contributed by atoms with Gasteiger partial charge in [-0.2, -0.15) is 4.31 Å². The molecule has 1 aliphatic rings. The lowest BCUT2D eigenvalue weighted by molar-refractivity contribution is 0.213. The zero-order valence-electron chi connectivity index (χ0n) is 9.71. The van der Waals surface area contributed by atoms with Crippen molar-refractivity contribution in [3.8, 4) is 0 Å². The fraction of sp³-hybridized carbons (Fsp3) is 0.455.